The van der Waals surface area contributed by atoms with Crippen molar-refractivity contribution in [2.24, 2.45) is 5.92 Å². The Morgan fingerprint density at radius 1 is 1.43 bits per heavy atom. The lowest BCUT2D eigenvalue weighted by Crippen LogP contribution is -2.35. The van der Waals surface area contributed by atoms with Crippen molar-refractivity contribution >= 4 is 5.91 Å². The molecule has 1 aliphatic rings. The van der Waals surface area contributed by atoms with Gasteiger partial charge < -0.3 is 9.64 Å². The topological polar surface area (TPSA) is 47.4 Å². The van der Waals surface area contributed by atoms with Crippen LogP contribution in [0, 0.1) is 11.7 Å². The summed E-state index contributed by atoms with van der Waals surface area (Å²) in [5.41, 5.74) is 1.18. The van der Waals surface area contributed by atoms with Crippen molar-refractivity contribution in [3.63, 3.8) is 0 Å². The maximum atomic E-state index is 13.1. The predicted octanol–water partition coefficient (Wildman–Crippen LogP) is 2.51. The monoisotopic (exact) mass is 317 g/mol. The summed E-state index contributed by atoms with van der Waals surface area (Å²) in [6, 6.07) is 5.99. The third-order valence-electron chi connectivity index (χ3n) is 4.10. The maximum absolute atomic E-state index is 13.1. The maximum Gasteiger partial charge on any atom is 0.272 e. The number of rotatable bonds is 4. The lowest BCUT2D eigenvalue weighted by atomic mass is 10.0. The molecule has 0 unspecified atom stereocenters. The molecule has 2 aromatic rings. The zero-order chi connectivity index (χ0) is 16.2. The van der Waals surface area contributed by atoms with Crippen LogP contribution in [0.15, 0.2) is 36.8 Å². The van der Waals surface area contributed by atoms with Gasteiger partial charge in [-0.2, -0.15) is 0 Å². The van der Waals surface area contributed by atoms with Crippen LogP contribution in [0.1, 0.15) is 23.3 Å². The highest BCUT2D eigenvalue weighted by Crippen LogP contribution is 2.17. The number of carbonyl (C=O) groups excluding carboxylic acids is 1. The van der Waals surface area contributed by atoms with Crippen molar-refractivity contribution in [1.29, 1.82) is 0 Å². The molecule has 1 aromatic carbocycles. The van der Waals surface area contributed by atoms with E-state index >= 15 is 0 Å². The van der Waals surface area contributed by atoms with E-state index in [1.165, 1.54) is 12.1 Å². The van der Waals surface area contributed by atoms with Crippen LogP contribution in [0.25, 0.3) is 5.69 Å². The highest BCUT2D eigenvalue weighted by Gasteiger charge is 2.22. The molecule has 1 saturated heterocycles. The number of hydrogen-bond donors (Lipinski definition) is 0. The fourth-order valence-corrected chi connectivity index (χ4v) is 2.88. The smallest absolute Gasteiger partial charge is 0.272 e. The van der Waals surface area contributed by atoms with Gasteiger partial charge in [-0.3, -0.25) is 9.36 Å². The van der Waals surface area contributed by atoms with Gasteiger partial charge in [0.2, 0.25) is 0 Å². The molecule has 0 N–H and O–H groups in total. The number of imidazole rings is 1. The Hall–Kier alpha value is -2.21. The van der Waals surface area contributed by atoms with Crippen molar-refractivity contribution < 1.29 is 13.9 Å². The molecule has 0 spiro atoms. The Bertz CT molecular complexity index is 663. The molecule has 23 heavy (non-hydrogen) atoms. The van der Waals surface area contributed by atoms with Crippen molar-refractivity contribution in [2.45, 2.75) is 12.8 Å². The van der Waals surface area contributed by atoms with Crippen LogP contribution in [0.2, 0.25) is 0 Å². The fraction of sp³-hybridized carbons (Fsp3) is 0.412. The van der Waals surface area contributed by atoms with E-state index in [0.717, 1.165) is 19.4 Å². The molecule has 6 heteroatoms. The van der Waals surface area contributed by atoms with E-state index in [0.29, 0.717) is 30.5 Å². The number of hydrogen-bond acceptors (Lipinski definition) is 3. The lowest BCUT2D eigenvalue weighted by molar-refractivity contribution is 0.0386. The number of nitrogens with zero attached hydrogens (tertiary/aromatic N) is 3. The average molecular weight is 317 g/mol. The van der Waals surface area contributed by atoms with Gasteiger partial charge in [0.05, 0.1) is 19.1 Å². The molecule has 1 aliphatic heterocycles. The summed E-state index contributed by atoms with van der Waals surface area (Å²) in [5, 5.41) is 0. The quantitative estimate of drug-likeness (QED) is 0.870. The third-order valence-corrected chi connectivity index (χ3v) is 4.10. The van der Waals surface area contributed by atoms with Crippen LogP contribution in [0.3, 0.4) is 0 Å². The third kappa shape index (κ3) is 3.59. The summed E-state index contributed by atoms with van der Waals surface area (Å²) in [7, 11) is 1.79. The van der Waals surface area contributed by atoms with E-state index in [9.17, 15) is 9.18 Å². The Morgan fingerprint density at radius 3 is 2.91 bits per heavy atom. The van der Waals surface area contributed by atoms with Gasteiger partial charge in [0, 0.05) is 25.9 Å². The Kier molecular flexibility index (Phi) is 4.71. The lowest BCUT2D eigenvalue weighted by Gasteiger charge is -2.27. The van der Waals surface area contributed by atoms with Gasteiger partial charge in [-0.15, -0.1) is 0 Å². The average Bonchev–Trinajstić information content (AvgIpc) is 3.05. The zero-order valence-corrected chi connectivity index (χ0v) is 13.1. The predicted molar refractivity (Wildman–Crippen MR) is 84.0 cm³/mol. The van der Waals surface area contributed by atoms with Crippen LogP contribution in [0.5, 0.6) is 0 Å². The SMILES string of the molecule is CN(C[C@@H]1CCCOC1)C(=O)c1cncn1-c1ccc(F)cc1. The molecule has 5 nitrogen and oxygen atoms in total. The minimum atomic E-state index is -0.309. The molecular formula is C17H20FN3O2. The first-order valence-electron chi connectivity index (χ1n) is 7.76. The van der Waals surface area contributed by atoms with Gasteiger partial charge in [0.15, 0.2) is 0 Å². The first kappa shape index (κ1) is 15.7. The van der Waals surface area contributed by atoms with Crippen molar-refractivity contribution in [2.75, 3.05) is 26.8 Å². The number of ether oxygens (including phenoxy) is 1. The molecule has 0 aliphatic carbocycles. The van der Waals surface area contributed by atoms with E-state index in [1.54, 1.807) is 41.2 Å². The molecule has 1 amide bonds. The zero-order valence-electron chi connectivity index (χ0n) is 13.1. The Morgan fingerprint density at radius 2 is 2.22 bits per heavy atom. The number of aromatic nitrogens is 2. The molecule has 3 rings (SSSR count). The number of carbonyl (C=O) groups is 1. The van der Waals surface area contributed by atoms with Gasteiger partial charge in [0.1, 0.15) is 11.5 Å². The van der Waals surface area contributed by atoms with Gasteiger partial charge in [-0.1, -0.05) is 0 Å². The summed E-state index contributed by atoms with van der Waals surface area (Å²) in [4.78, 5) is 18.5. The standard InChI is InChI=1S/C17H20FN3O2/c1-20(10-13-3-2-8-23-11-13)17(22)16-9-19-12-21(16)15-6-4-14(18)5-7-15/h4-7,9,12-13H,2-3,8,10-11H2,1H3/t13-/m0/s1. The molecular weight excluding hydrogens is 297 g/mol. The molecule has 1 atom stereocenters. The summed E-state index contributed by atoms with van der Waals surface area (Å²) in [5.74, 6) is -0.0338. The molecule has 122 valence electrons. The fourth-order valence-electron chi connectivity index (χ4n) is 2.88. The second-order valence-electron chi connectivity index (χ2n) is 5.89. The van der Waals surface area contributed by atoms with Crippen LogP contribution in [-0.2, 0) is 4.74 Å². The van der Waals surface area contributed by atoms with Crippen LogP contribution in [0.4, 0.5) is 4.39 Å². The van der Waals surface area contributed by atoms with Crippen molar-refractivity contribution in [3.8, 4) is 5.69 Å². The largest absolute Gasteiger partial charge is 0.381 e. The summed E-state index contributed by atoms with van der Waals surface area (Å²) in [6.07, 6.45) is 5.23. The molecule has 1 aromatic heterocycles. The van der Waals surface area contributed by atoms with Gasteiger partial charge in [-0.25, -0.2) is 9.37 Å². The van der Waals surface area contributed by atoms with E-state index in [2.05, 4.69) is 4.98 Å². The summed E-state index contributed by atoms with van der Waals surface area (Å²) in [6.45, 7) is 2.17. The Balaban J connectivity index is 1.74. The minimum absolute atomic E-state index is 0.0996. The molecule has 0 radical (unpaired) electrons. The first-order valence-corrected chi connectivity index (χ1v) is 7.76. The normalized spacial score (nSPS) is 17.9. The molecule has 1 fully saturated rings. The first-order chi connectivity index (χ1) is 11.1. The van der Waals surface area contributed by atoms with Gasteiger partial charge in [0.25, 0.3) is 5.91 Å². The van der Waals surface area contributed by atoms with Crippen LogP contribution in [-0.4, -0.2) is 47.2 Å². The Labute approximate surface area is 134 Å². The molecule has 2 heterocycles. The second-order valence-corrected chi connectivity index (χ2v) is 5.89. The van der Waals surface area contributed by atoms with E-state index in [1.807, 2.05) is 0 Å². The van der Waals surface area contributed by atoms with Crippen molar-refractivity contribution in [3.05, 3.63) is 48.3 Å². The summed E-state index contributed by atoms with van der Waals surface area (Å²) < 4.78 is 20.2. The minimum Gasteiger partial charge on any atom is -0.381 e. The number of benzene rings is 1. The number of halogens is 1. The van der Waals surface area contributed by atoms with Crippen LogP contribution >= 0.6 is 0 Å². The highest BCUT2D eigenvalue weighted by molar-refractivity contribution is 5.92. The highest BCUT2D eigenvalue weighted by atomic mass is 19.1. The second kappa shape index (κ2) is 6.91. The van der Waals surface area contributed by atoms with E-state index in [-0.39, 0.29) is 11.7 Å². The van der Waals surface area contributed by atoms with E-state index < -0.39 is 0 Å². The van der Waals surface area contributed by atoms with Gasteiger partial charge >= 0.3 is 0 Å². The van der Waals surface area contributed by atoms with Gasteiger partial charge in [-0.05, 0) is 43.0 Å². The molecule has 0 saturated carbocycles. The van der Waals surface area contributed by atoms with Crippen molar-refractivity contribution in [1.82, 2.24) is 14.5 Å². The summed E-state index contributed by atoms with van der Waals surface area (Å²) >= 11 is 0. The van der Waals surface area contributed by atoms with Crippen LogP contribution < -0.4 is 0 Å². The molecule has 0 bridgehead atoms. The number of amides is 1. The van der Waals surface area contributed by atoms with E-state index in [4.69, 9.17) is 4.74 Å².